The van der Waals surface area contributed by atoms with Gasteiger partial charge in [0.15, 0.2) is 0 Å². The molecule has 0 bridgehead atoms. The molecule has 0 spiro atoms. The van der Waals surface area contributed by atoms with Crippen LogP contribution >= 0.6 is 0 Å². The van der Waals surface area contributed by atoms with Crippen molar-refractivity contribution in [3.8, 4) is 17.1 Å². The predicted octanol–water partition coefficient (Wildman–Crippen LogP) is 2.59. The highest BCUT2D eigenvalue weighted by molar-refractivity contribution is 5.76. The first-order valence-electron chi connectivity index (χ1n) is 7.80. The first-order chi connectivity index (χ1) is 12.1. The number of hydrogen-bond donors (Lipinski definition) is 1. The number of nitrogens with zero attached hydrogens (tertiary/aromatic N) is 4. The van der Waals surface area contributed by atoms with Crippen LogP contribution in [-0.4, -0.2) is 38.4 Å². The molecule has 3 aromatic rings. The Kier molecular flexibility index (Phi) is 4.74. The van der Waals surface area contributed by atoms with Crippen LogP contribution in [0.15, 0.2) is 48.5 Å². The third-order valence-electron chi connectivity index (χ3n) is 3.95. The third-order valence-corrected chi connectivity index (χ3v) is 3.95. The second-order valence-electron chi connectivity index (χ2n) is 5.68. The summed E-state index contributed by atoms with van der Waals surface area (Å²) in [5, 5.41) is 21.7. The molecule has 25 heavy (non-hydrogen) atoms. The number of aliphatic carboxylic acids is 1. The van der Waals surface area contributed by atoms with Gasteiger partial charge >= 0.3 is 5.97 Å². The van der Waals surface area contributed by atoms with Gasteiger partial charge in [0.1, 0.15) is 5.75 Å². The fourth-order valence-electron chi connectivity index (χ4n) is 2.41. The molecule has 0 aliphatic rings. The number of carbonyl (C=O) groups is 1. The Morgan fingerprint density at radius 2 is 2.00 bits per heavy atom. The molecule has 7 nitrogen and oxygen atoms in total. The molecular weight excluding hydrogens is 320 g/mol. The van der Waals surface area contributed by atoms with Gasteiger partial charge in [0.05, 0.1) is 19.6 Å². The summed E-state index contributed by atoms with van der Waals surface area (Å²) in [6.07, 6.45) is 0. The standard InChI is InChI=1S/C18H18N4O3/c1-12(18(23)24)14-4-3-5-15(10-14)17-19-21-22(20-17)11-13-6-8-16(25-2)9-7-13/h3-10,12H,11H2,1-2H3,(H,23,24). The van der Waals surface area contributed by atoms with Crippen LogP contribution in [0, 0.1) is 0 Å². The highest BCUT2D eigenvalue weighted by Crippen LogP contribution is 2.21. The lowest BCUT2D eigenvalue weighted by Gasteiger charge is -2.07. The molecule has 0 amide bonds. The lowest BCUT2D eigenvalue weighted by Crippen LogP contribution is -2.07. The molecule has 0 saturated heterocycles. The van der Waals surface area contributed by atoms with Crippen molar-refractivity contribution in [2.45, 2.75) is 19.4 Å². The Morgan fingerprint density at radius 3 is 2.68 bits per heavy atom. The number of benzene rings is 2. The number of hydrogen-bond acceptors (Lipinski definition) is 5. The van der Waals surface area contributed by atoms with Gasteiger partial charge in [-0.1, -0.05) is 30.3 Å². The quantitative estimate of drug-likeness (QED) is 0.743. The zero-order valence-electron chi connectivity index (χ0n) is 14.0. The lowest BCUT2D eigenvalue weighted by atomic mass is 9.99. The minimum Gasteiger partial charge on any atom is -0.497 e. The molecule has 0 aliphatic carbocycles. The lowest BCUT2D eigenvalue weighted by molar-refractivity contribution is -0.138. The summed E-state index contributed by atoms with van der Waals surface area (Å²) >= 11 is 0. The fraction of sp³-hybridized carbons (Fsp3) is 0.222. The second kappa shape index (κ2) is 7.12. The zero-order chi connectivity index (χ0) is 17.8. The van der Waals surface area contributed by atoms with Gasteiger partial charge in [0.25, 0.3) is 0 Å². The van der Waals surface area contributed by atoms with E-state index in [1.54, 1.807) is 32.2 Å². The molecule has 0 saturated carbocycles. The topological polar surface area (TPSA) is 90.1 Å². The predicted molar refractivity (Wildman–Crippen MR) is 91.4 cm³/mol. The summed E-state index contributed by atoms with van der Waals surface area (Å²) in [7, 11) is 1.62. The Morgan fingerprint density at radius 1 is 1.24 bits per heavy atom. The van der Waals surface area contributed by atoms with Gasteiger partial charge in [-0.3, -0.25) is 4.79 Å². The van der Waals surface area contributed by atoms with Crippen LogP contribution < -0.4 is 4.74 Å². The molecule has 1 atom stereocenters. The Balaban J connectivity index is 1.79. The van der Waals surface area contributed by atoms with Gasteiger partial charge in [-0.2, -0.15) is 4.80 Å². The number of tetrazole rings is 1. The van der Waals surface area contributed by atoms with Crippen LogP contribution in [0.2, 0.25) is 0 Å². The van der Waals surface area contributed by atoms with Crippen molar-refractivity contribution in [3.05, 3.63) is 59.7 Å². The molecule has 1 aromatic heterocycles. The monoisotopic (exact) mass is 338 g/mol. The van der Waals surface area contributed by atoms with Crippen LogP contribution in [0.25, 0.3) is 11.4 Å². The molecule has 3 rings (SSSR count). The highest BCUT2D eigenvalue weighted by Gasteiger charge is 2.15. The molecule has 0 fully saturated rings. The minimum absolute atomic E-state index is 0.466. The van der Waals surface area contributed by atoms with Crippen LogP contribution in [0.1, 0.15) is 24.0 Å². The van der Waals surface area contributed by atoms with Crippen LogP contribution in [0.5, 0.6) is 5.75 Å². The van der Waals surface area contributed by atoms with E-state index in [9.17, 15) is 4.79 Å². The van der Waals surface area contributed by atoms with Crippen LogP contribution in [0.4, 0.5) is 0 Å². The number of ether oxygens (including phenoxy) is 1. The second-order valence-corrected chi connectivity index (χ2v) is 5.68. The molecular formula is C18H18N4O3. The summed E-state index contributed by atoms with van der Waals surface area (Å²) < 4.78 is 5.14. The largest absolute Gasteiger partial charge is 0.497 e. The normalized spacial score (nSPS) is 11.9. The third kappa shape index (κ3) is 3.82. The average Bonchev–Trinajstić information content (AvgIpc) is 3.10. The molecule has 128 valence electrons. The summed E-state index contributed by atoms with van der Waals surface area (Å²) in [5.41, 5.74) is 2.47. The molecule has 1 heterocycles. The van der Waals surface area contributed by atoms with E-state index in [0.717, 1.165) is 16.9 Å². The first-order valence-corrected chi connectivity index (χ1v) is 7.80. The summed E-state index contributed by atoms with van der Waals surface area (Å²) in [6.45, 7) is 2.14. The summed E-state index contributed by atoms with van der Waals surface area (Å²) in [5.74, 6) is -0.198. The molecule has 2 aromatic carbocycles. The van der Waals surface area contributed by atoms with Crippen molar-refractivity contribution in [1.29, 1.82) is 0 Å². The van der Waals surface area contributed by atoms with E-state index in [1.807, 2.05) is 30.3 Å². The van der Waals surface area contributed by atoms with Gasteiger partial charge in [-0.05, 0) is 41.5 Å². The Labute approximate surface area is 144 Å². The van der Waals surface area contributed by atoms with E-state index in [1.165, 1.54) is 4.80 Å². The fourth-order valence-corrected chi connectivity index (χ4v) is 2.41. The van der Waals surface area contributed by atoms with Gasteiger partial charge in [-0.15, -0.1) is 10.2 Å². The summed E-state index contributed by atoms with van der Waals surface area (Å²) in [6, 6.07) is 14.8. The van der Waals surface area contributed by atoms with Crippen LogP contribution in [0.3, 0.4) is 0 Å². The molecule has 7 heteroatoms. The van der Waals surface area contributed by atoms with Crippen molar-refractivity contribution in [2.24, 2.45) is 0 Å². The van der Waals surface area contributed by atoms with E-state index in [2.05, 4.69) is 15.4 Å². The maximum atomic E-state index is 11.1. The Bertz CT molecular complexity index is 874. The van der Waals surface area contributed by atoms with Crippen molar-refractivity contribution < 1.29 is 14.6 Å². The van der Waals surface area contributed by atoms with Crippen molar-refractivity contribution in [1.82, 2.24) is 20.2 Å². The van der Waals surface area contributed by atoms with Crippen LogP contribution in [-0.2, 0) is 11.3 Å². The maximum Gasteiger partial charge on any atom is 0.310 e. The number of methoxy groups -OCH3 is 1. The maximum absolute atomic E-state index is 11.1. The molecule has 0 radical (unpaired) electrons. The van der Waals surface area contributed by atoms with E-state index in [0.29, 0.717) is 17.9 Å². The van der Waals surface area contributed by atoms with Gasteiger partial charge < -0.3 is 9.84 Å². The van der Waals surface area contributed by atoms with Gasteiger partial charge in [0, 0.05) is 5.56 Å². The van der Waals surface area contributed by atoms with E-state index >= 15 is 0 Å². The van der Waals surface area contributed by atoms with E-state index in [-0.39, 0.29) is 0 Å². The summed E-state index contributed by atoms with van der Waals surface area (Å²) in [4.78, 5) is 12.6. The number of aromatic nitrogens is 4. The average molecular weight is 338 g/mol. The smallest absolute Gasteiger partial charge is 0.310 e. The minimum atomic E-state index is -0.867. The van der Waals surface area contributed by atoms with Gasteiger partial charge in [0.2, 0.25) is 5.82 Å². The molecule has 1 N–H and O–H groups in total. The van der Waals surface area contributed by atoms with Gasteiger partial charge in [-0.25, -0.2) is 0 Å². The first kappa shape index (κ1) is 16.6. The SMILES string of the molecule is COc1ccc(Cn2nnc(-c3cccc(C(C)C(=O)O)c3)n2)cc1. The number of carboxylic acids is 1. The highest BCUT2D eigenvalue weighted by atomic mass is 16.5. The Hall–Kier alpha value is -3.22. The molecule has 0 aliphatic heterocycles. The van der Waals surface area contributed by atoms with Crippen molar-refractivity contribution in [3.63, 3.8) is 0 Å². The zero-order valence-corrected chi connectivity index (χ0v) is 14.0. The number of carboxylic acid groups (broad SMARTS) is 1. The van der Waals surface area contributed by atoms with E-state index in [4.69, 9.17) is 9.84 Å². The number of rotatable bonds is 6. The molecule has 1 unspecified atom stereocenters. The van der Waals surface area contributed by atoms with Crippen molar-refractivity contribution >= 4 is 5.97 Å². The van der Waals surface area contributed by atoms with E-state index < -0.39 is 11.9 Å². The van der Waals surface area contributed by atoms with Crippen molar-refractivity contribution in [2.75, 3.05) is 7.11 Å².